The van der Waals surface area contributed by atoms with E-state index in [0.29, 0.717) is 36.4 Å². The summed E-state index contributed by atoms with van der Waals surface area (Å²) in [4.78, 5) is 25.8. The fourth-order valence-electron chi connectivity index (χ4n) is 5.01. The van der Waals surface area contributed by atoms with Crippen LogP contribution in [0.4, 0.5) is 0 Å². The van der Waals surface area contributed by atoms with Gasteiger partial charge in [-0.1, -0.05) is 24.3 Å². The quantitative estimate of drug-likeness (QED) is 0.426. The van der Waals surface area contributed by atoms with Crippen LogP contribution in [0.3, 0.4) is 0 Å². The molecule has 0 bridgehead atoms. The summed E-state index contributed by atoms with van der Waals surface area (Å²) in [5, 5.41) is 18.2. The molecule has 2 aromatic carbocycles. The molecule has 9 nitrogen and oxygen atoms in total. The molecule has 1 atom stereocenters. The third-order valence-corrected chi connectivity index (χ3v) is 7.07. The molecular weight excluding hydrogens is 444 g/mol. The molecule has 2 aromatic heterocycles. The van der Waals surface area contributed by atoms with Crippen LogP contribution in [0.5, 0.6) is 0 Å². The molecule has 1 aliphatic heterocycles. The largest absolute Gasteiger partial charge is 0.421 e. The predicted molar refractivity (Wildman–Crippen MR) is 129 cm³/mol. The standard InChI is InChI=1S/C26H26N6O3/c1-16-28-30-24(35-16)20-6-2-17(3-7-20)18-8-10-21(11-9-18)32-22(29-31-25(32)34)14-26(12-13-27-15-26)23(33)19-4-5-19/h2-3,6-11,19,27H,4-5,12-15H2,1H3,(H,31,34)/t26-/m0/s1. The average molecular weight is 471 g/mol. The molecule has 1 saturated heterocycles. The van der Waals surface area contributed by atoms with Crippen molar-refractivity contribution in [2.45, 2.75) is 32.6 Å². The molecule has 1 aliphatic carbocycles. The number of benzene rings is 2. The van der Waals surface area contributed by atoms with Crippen molar-refractivity contribution in [2.75, 3.05) is 13.1 Å². The Bertz CT molecular complexity index is 1420. The molecule has 0 amide bonds. The first-order valence-electron chi connectivity index (χ1n) is 12.0. The maximum absolute atomic E-state index is 13.1. The summed E-state index contributed by atoms with van der Waals surface area (Å²) in [7, 11) is 0. The van der Waals surface area contributed by atoms with Crippen molar-refractivity contribution in [3.8, 4) is 28.3 Å². The molecule has 4 aromatic rings. The number of aromatic amines is 1. The van der Waals surface area contributed by atoms with Crippen LogP contribution in [0.25, 0.3) is 28.3 Å². The average Bonchev–Trinajstić information content (AvgIpc) is 3.27. The molecule has 2 fully saturated rings. The van der Waals surface area contributed by atoms with Crippen molar-refractivity contribution in [3.63, 3.8) is 0 Å². The minimum atomic E-state index is -0.483. The van der Waals surface area contributed by atoms with Crippen molar-refractivity contribution in [2.24, 2.45) is 11.3 Å². The van der Waals surface area contributed by atoms with E-state index in [1.54, 1.807) is 11.5 Å². The van der Waals surface area contributed by atoms with Gasteiger partial charge in [-0.3, -0.25) is 4.79 Å². The third kappa shape index (κ3) is 4.01. The Labute approximate surface area is 201 Å². The Kier molecular flexibility index (Phi) is 5.21. The molecular formula is C26H26N6O3. The van der Waals surface area contributed by atoms with E-state index in [0.717, 1.165) is 48.2 Å². The Hall–Kier alpha value is -3.85. The Morgan fingerprint density at radius 3 is 2.34 bits per heavy atom. The molecule has 3 heterocycles. The van der Waals surface area contributed by atoms with Gasteiger partial charge in [0.2, 0.25) is 11.8 Å². The van der Waals surface area contributed by atoms with Gasteiger partial charge in [0.25, 0.3) is 0 Å². The molecule has 0 spiro atoms. The van der Waals surface area contributed by atoms with Crippen LogP contribution in [-0.4, -0.2) is 43.8 Å². The summed E-state index contributed by atoms with van der Waals surface area (Å²) >= 11 is 0. The summed E-state index contributed by atoms with van der Waals surface area (Å²) in [5.41, 5.74) is 2.84. The van der Waals surface area contributed by atoms with Gasteiger partial charge >= 0.3 is 5.69 Å². The zero-order valence-electron chi connectivity index (χ0n) is 19.5. The van der Waals surface area contributed by atoms with Gasteiger partial charge < -0.3 is 9.73 Å². The third-order valence-electron chi connectivity index (χ3n) is 7.07. The molecule has 178 valence electrons. The highest BCUT2D eigenvalue weighted by Crippen LogP contribution is 2.42. The van der Waals surface area contributed by atoms with Gasteiger partial charge in [0.05, 0.1) is 5.69 Å². The lowest BCUT2D eigenvalue weighted by atomic mass is 9.77. The van der Waals surface area contributed by atoms with Crippen LogP contribution >= 0.6 is 0 Å². The van der Waals surface area contributed by atoms with Gasteiger partial charge in [-0.05, 0) is 61.2 Å². The lowest BCUT2D eigenvalue weighted by Crippen LogP contribution is -2.38. The van der Waals surface area contributed by atoms with Crippen LogP contribution in [0.15, 0.2) is 57.7 Å². The number of rotatable bonds is 7. The SMILES string of the molecule is Cc1nnc(-c2ccc(-c3ccc(-n4c(C[C@@]5(C(=O)C6CC6)CCNC5)n[nH]c4=O)cc3)cc2)o1. The Morgan fingerprint density at radius 1 is 1.06 bits per heavy atom. The summed E-state index contributed by atoms with van der Waals surface area (Å²) in [5.74, 6) is 2.11. The number of nitrogens with zero attached hydrogens (tertiary/aromatic N) is 4. The fraction of sp³-hybridized carbons (Fsp3) is 0.346. The maximum atomic E-state index is 13.1. The molecule has 1 saturated carbocycles. The number of nitrogens with one attached hydrogen (secondary N) is 2. The van der Waals surface area contributed by atoms with E-state index in [1.165, 1.54) is 0 Å². The number of hydrogen-bond donors (Lipinski definition) is 2. The first-order valence-corrected chi connectivity index (χ1v) is 12.0. The molecule has 0 unspecified atom stereocenters. The zero-order chi connectivity index (χ0) is 24.0. The minimum Gasteiger partial charge on any atom is -0.421 e. The normalized spacial score (nSPS) is 19.8. The van der Waals surface area contributed by atoms with E-state index >= 15 is 0 Å². The van der Waals surface area contributed by atoms with Crippen LogP contribution < -0.4 is 11.0 Å². The maximum Gasteiger partial charge on any atom is 0.347 e. The first kappa shape index (κ1) is 21.7. The number of aryl methyl sites for hydroxylation is 1. The lowest BCUT2D eigenvalue weighted by Gasteiger charge is -2.26. The summed E-state index contributed by atoms with van der Waals surface area (Å²) < 4.78 is 7.08. The highest BCUT2D eigenvalue weighted by Gasteiger charge is 2.48. The van der Waals surface area contributed by atoms with Gasteiger partial charge in [0, 0.05) is 36.8 Å². The number of carbonyl (C=O) groups excluding carboxylic acids is 1. The molecule has 0 radical (unpaired) electrons. The number of carbonyl (C=O) groups is 1. The van der Waals surface area contributed by atoms with Crippen molar-refractivity contribution >= 4 is 5.78 Å². The smallest absolute Gasteiger partial charge is 0.347 e. The number of Topliss-reactive ketones (excluding diaryl/α,β-unsaturated/α-hetero) is 1. The number of aromatic nitrogens is 5. The van der Waals surface area contributed by atoms with Crippen LogP contribution in [-0.2, 0) is 11.2 Å². The number of ketones is 1. The van der Waals surface area contributed by atoms with Crippen molar-refractivity contribution in [1.29, 1.82) is 0 Å². The van der Waals surface area contributed by atoms with Crippen LogP contribution in [0.2, 0.25) is 0 Å². The summed E-state index contributed by atoms with van der Waals surface area (Å²) in [6, 6.07) is 15.7. The Balaban J connectivity index is 1.26. The van der Waals surface area contributed by atoms with E-state index in [4.69, 9.17) is 4.42 Å². The lowest BCUT2D eigenvalue weighted by molar-refractivity contribution is -0.129. The van der Waals surface area contributed by atoms with Gasteiger partial charge in [-0.15, -0.1) is 10.2 Å². The second kappa shape index (κ2) is 8.42. The van der Waals surface area contributed by atoms with E-state index in [2.05, 4.69) is 25.7 Å². The zero-order valence-corrected chi connectivity index (χ0v) is 19.5. The Morgan fingerprint density at radius 2 is 1.74 bits per heavy atom. The monoisotopic (exact) mass is 470 g/mol. The molecule has 9 heteroatoms. The topological polar surface area (TPSA) is 119 Å². The summed E-state index contributed by atoms with van der Waals surface area (Å²) in [6.45, 7) is 3.22. The first-order chi connectivity index (χ1) is 17.0. The van der Waals surface area contributed by atoms with E-state index in [1.807, 2.05) is 48.5 Å². The predicted octanol–water partition coefficient (Wildman–Crippen LogP) is 3.09. The van der Waals surface area contributed by atoms with E-state index < -0.39 is 5.41 Å². The minimum absolute atomic E-state index is 0.170. The molecule has 2 aliphatic rings. The van der Waals surface area contributed by atoms with E-state index in [-0.39, 0.29) is 11.6 Å². The highest BCUT2D eigenvalue weighted by molar-refractivity contribution is 5.89. The highest BCUT2D eigenvalue weighted by atomic mass is 16.4. The molecule has 35 heavy (non-hydrogen) atoms. The molecule has 6 rings (SSSR count). The molecule has 2 N–H and O–H groups in total. The van der Waals surface area contributed by atoms with Crippen molar-refractivity contribution < 1.29 is 9.21 Å². The fourth-order valence-corrected chi connectivity index (χ4v) is 5.01. The number of hydrogen-bond acceptors (Lipinski definition) is 7. The van der Waals surface area contributed by atoms with Crippen molar-refractivity contribution in [1.82, 2.24) is 30.3 Å². The summed E-state index contributed by atoms with van der Waals surface area (Å²) in [6.07, 6.45) is 3.18. The van der Waals surface area contributed by atoms with Gasteiger partial charge in [0.15, 0.2) is 0 Å². The van der Waals surface area contributed by atoms with Gasteiger partial charge in [0.1, 0.15) is 11.6 Å². The van der Waals surface area contributed by atoms with Crippen LogP contribution in [0.1, 0.15) is 31.0 Å². The van der Waals surface area contributed by atoms with Crippen molar-refractivity contribution in [3.05, 3.63) is 70.7 Å². The van der Waals surface area contributed by atoms with Gasteiger partial charge in [-0.2, -0.15) is 5.10 Å². The number of H-pyrrole nitrogens is 1. The van der Waals surface area contributed by atoms with Gasteiger partial charge in [-0.25, -0.2) is 14.5 Å². The second-order valence-electron chi connectivity index (χ2n) is 9.55. The van der Waals surface area contributed by atoms with E-state index in [9.17, 15) is 9.59 Å². The second-order valence-corrected chi connectivity index (χ2v) is 9.55. The van der Waals surface area contributed by atoms with Crippen LogP contribution in [0, 0.1) is 18.3 Å².